The van der Waals surface area contributed by atoms with Crippen molar-refractivity contribution in [2.45, 2.75) is 11.8 Å². The molecule has 0 radical (unpaired) electrons. The van der Waals surface area contributed by atoms with Crippen LogP contribution < -0.4 is 4.72 Å². The van der Waals surface area contributed by atoms with E-state index in [1.807, 2.05) is 6.92 Å². The number of benzene rings is 2. The lowest BCUT2D eigenvalue weighted by Gasteiger charge is -2.11. The van der Waals surface area contributed by atoms with Gasteiger partial charge in [0.1, 0.15) is 5.69 Å². The van der Waals surface area contributed by atoms with Gasteiger partial charge in [-0.1, -0.05) is 33.6 Å². The normalized spacial score (nSPS) is 11.2. The molecule has 0 fully saturated rings. The highest BCUT2D eigenvalue weighted by Crippen LogP contribution is 2.37. The first kappa shape index (κ1) is 16.9. The average molecular weight is 450 g/mol. The highest BCUT2D eigenvalue weighted by Gasteiger charge is 2.24. The van der Waals surface area contributed by atoms with Crippen molar-refractivity contribution in [3.8, 4) is 0 Å². The molecule has 0 bridgehead atoms. The van der Waals surface area contributed by atoms with Gasteiger partial charge in [-0.15, -0.1) is 0 Å². The summed E-state index contributed by atoms with van der Waals surface area (Å²) in [4.78, 5) is 10.5. The molecular weight excluding hydrogens is 440 g/mol. The Morgan fingerprint density at radius 3 is 2.27 bits per heavy atom. The number of aryl methyl sites for hydroxylation is 1. The molecule has 1 N–H and O–H groups in total. The Morgan fingerprint density at radius 2 is 1.73 bits per heavy atom. The van der Waals surface area contributed by atoms with Gasteiger partial charge in [0, 0.05) is 15.0 Å². The van der Waals surface area contributed by atoms with E-state index in [9.17, 15) is 18.5 Å². The van der Waals surface area contributed by atoms with Crippen LogP contribution in [0.5, 0.6) is 0 Å². The third kappa shape index (κ3) is 3.65. The zero-order valence-electron chi connectivity index (χ0n) is 11.2. The van der Waals surface area contributed by atoms with Crippen LogP contribution in [0.1, 0.15) is 5.56 Å². The van der Waals surface area contributed by atoms with Gasteiger partial charge in [0.25, 0.3) is 15.7 Å². The third-order valence-corrected chi connectivity index (χ3v) is 5.25. The van der Waals surface area contributed by atoms with E-state index < -0.39 is 14.9 Å². The van der Waals surface area contributed by atoms with Gasteiger partial charge in [0.15, 0.2) is 0 Å². The van der Waals surface area contributed by atoms with Crippen LogP contribution in [0.4, 0.5) is 11.4 Å². The summed E-state index contributed by atoms with van der Waals surface area (Å²) >= 11 is 6.28. The van der Waals surface area contributed by atoms with E-state index in [1.54, 1.807) is 12.1 Å². The van der Waals surface area contributed by atoms with Gasteiger partial charge in [0.2, 0.25) is 0 Å². The van der Waals surface area contributed by atoms with Crippen molar-refractivity contribution in [3.05, 3.63) is 61.0 Å². The Labute approximate surface area is 144 Å². The van der Waals surface area contributed by atoms with Gasteiger partial charge in [-0.2, -0.15) is 0 Å². The molecule has 0 heterocycles. The number of nitro groups is 1. The number of halogens is 2. The first-order chi connectivity index (χ1) is 10.2. The molecule has 22 heavy (non-hydrogen) atoms. The van der Waals surface area contributed by atoms with E-state index in [1.165, 1.54) is 24.3 Å². The van der Waals surface area contributed by atoms with Crippen molar-refractivity contribution in [2.75, 3.05) is 4.72 Å². The Hall–Kier alpha value is -1.45. The maximum Gasteiger partial charge on any atom is 0.295 e. The van der Waals surface area contributed by atoms with E-state index in [0.29, 0.717) is 4.47 Å². The zero-order valence-corrected chi connectivity index (χ0v) is 15.2. The fourth-order valence-corrected chi connectivity index (χ4v) is 4.24. The van der Waals surface area contributed by atoms with E-state index in [0.717, 1.165) is 5.56 Å². The molecule has 0 saturated carbocycles. The molecule has 0 unspecified atom stereocenters. The van der Waals surface area contributed by atoms with Crippen LogP contribution in [0.2, 0.25) is 0 Å². The monoisotopic (exact) mass is 448 g/mol. The average Bonchev–Trinajstić information content (AvgIpc) is 2.41. The minimum atomic E-state index is -3.92. The van der Waals surface area contributed by atoms with Gasteiger partial charge in [-0.3, -0.25) is 14.8 Å². The number of anilines is 1. The van der Waals surface area contributed by atoms with Gasteiger partial charge < -0.3 is 0 Å². The number of nitrogens with one attached hydrogen (secondary N) is 1. The molecule has 0 saturated heterocycles. The molecule has 9 heteroatoms. The lowest BCUT2D eigenvalue weighted by Crippen LogP contribution is -2.14. The van der Waals surface area contributed by atoms with E-state index in [2.05, 4.69) is 36.6 Å². The minimum Gasteiger partial charge on any atom is -0.272 e. The van der Waals surface area contributed by atoms with E-state index >= 15 is 0 Å². The van der Waals surface area contributed by atoms with Crippen LogP contribution in [0.3, 0.4) is 0 Å². The minimum absolute atomic E-state index is 0.0298. The molecule has 0 spiro atoms. The number of sulfonamides is 1. The van der Waals surface area contributed by atoms with Crippen LogP contribution in [-0.4, -0.2) is 13.3 Å². The van der Waals surface area contributed by atoms with E-state index in [-0.39, 0.29) is 20.7 Å². The Morgan fingerprint density at radius 1 is 1.14 bits per heavy atom. The molecule has 0 aliphatic carbocycles. The lowest BCUT2D eigenvalue weighted by molar-refractivity contribution is -0.384. The lowest BCUT2D eigenvalue weighted by atomic mass is 10.2. The van der Waals surface area contributed by atoms with Crippen molar-refractivity contribution in [2.24, 2.45) is 0 Å². The molecule has 0 aromatic heterocycles. The van der Waals surface area contributed by atoms with Crippen molar-refractivity contribution in [3.63, 3.8) is 0 Å². The summed E-state index contributed by atoms with van der Waals surface area (Å²) in [5.41, 5.74) is 0.445. The predicted molar refractivity (Wildman–Crippen MR) is 90.5 cm³/mol. The maximum atomic E-state index is 12.4. The first-order valence-electron chi connectivity index (χ1n) is 5.93. The molecule has 0 amide bonds. The van der Waals surface area contributed by atoms with E-state index in [4.69, 9.17) is 0 Å². The predicted octanol–water partition coefficient (Wildman–Crippen LogP) is 4.23. The summed E-state index contributed by atoms with van der Waals surface area (Å²) < 4.78 is 27.7. The topological polar surface area (TPSA) is 89.3 Å². The van der Waals surface area contributed by atoms with Gasteiger partial charge in [-0.25, -0.2) is 8.42 Å². The summed E-state index contributed by atoms with van der Waals surface area (Å²) in [5, 5.41) is 11.1. The molecule has 2 rings (SSSR count). The fourth-order valence-electron chi connectivity index (χ4n) is 1.72. The molecule has 0 aliphatic heterocycles. The standard InChI is InChI=1S/C13H10Br2N2O4S/c1-8-2-4-10(5-3-8)22(20,21)16-13-11(15)6-9(14)7-12(13)17(18)19/h2-7,16H,1H3. The number of hydrogen-bond donors (Lipinski definition) is 1. The molecule has 0 atom stereocenters. The number of nitrogens with zero attached hydrogens (tertiary/aromatic N) is 1. The van der Waals surface area contributed by atoms with Crippen LogP contribution in [-0.2, 0) is 10.0 Å². The van der Waals surface area contributed by atoms with Gasteiger partial charge in [0.05, 0.1) is 9.82 Å². The molecule has 116 valence electrons. The van der Waals surface area contributed by atoms with Crippen LogP contribution >= 0.6 is 31.9 Å². The van der Waals surface area contributed by atoms with Crippen molar-refractivity contribution >= 4 is 53.3 Å². The fraction of sp³-hybridized carbons (Fsp3) is 0.0769. The molecule has 0 aliphatic rings. The third-order valence-electron chi connectivity index (χ3n) is 2.80. The first-order valence-corrected chi connectivity index (χ1v) is 9.00. The highest BCUT2D eigenvalue weighted by molar-refractivity contribution is 9.11. The Kier molecular flexibility index (Phi) is 4.88. The summed E-state index contributed by atoms with van der Waals surface area (Å²) in [6.45, 7) is 1.83. The quantitative estimate of drug-likeness (QED) is 0.558. The number of hydrogen-bond acceptors (Lipinski definition) is 4. The van der Waals surface area contributed by atoms with Crippen molar-refractivity contribution in [1.82, 2.24) is 0 Å². The van der Waals surface area contributed by atoms with Gasteiger partial charge in [-0.05, 0) is 41.1 Å². The summed E-state index contributed by atoms with van der Waals surface area (Å²) in [5.74, 6) is 0. The number of nitro benzene ring substituents is 1. The molecule has 2 aromatic rings. The number of rotatable bonds is 4. The molecule has 2 aromatic carbocycles. The van der Waals surface area contributed by atoms with Crippen molar-refractivity contribution < 1.29 is 13.3 Å². The van der Waals surface area contributed by atoms with Crippen molar-refractivity contribution in [1.29, 1.82) is 0 Å². The highest BCUT2D eigenvalue weighted by atomic mass is 79.9. The maximum absolute atomic E-state index is 12.4. The SMILES string of the molecule is Cc1ccc(S(=O)(=O)Nc2c(Br)cc(Br)cc2[N+](=O)[O-])cc1. The Balaban J connectivity index is 2.50. The van der Waals surface area contributed by atoms with Crippen LogP contribution in [0.15, 0.2) is 50.2 Å². The second-order valence-corrected chi connectivity index (χ2v) is 7.91. The smallest absolute Gasteiger partial charge is 0.272 e. The molecular formula is C13H10Br2N2O4S. The zero-order chi connectivity index (χ0) is 16.5. The molecule has 6 nitrogen and oxygen atoms in total. The second kappa shape index (κ2) is 6.35. The van der Waals surface area contributed by atoms with Gasteiger partial charge >= 0.3 is 0 Å². The largest absolute Gasteiger partial charge is 0.295 e. The second-order valence-electron chi connectivity index (χ2n) is 4.46. The Bertz CT molecular complexity index is 836. The summed E-state index contributed by atoms with van der Waals surface area (Å²) in [6.07, 6.45) is 0. The summed E-state index contributed by atoms with van der Waals surface area (Å²) in [6, 6.07) is 8.95. The summed E-state index contributed by atoms with van der Waals surface area (Å²) in [7, 11) is -3.92. The van der Waals surface area contributed by atoms with Crippen LogP contribution in [0.25, 0.3) is 0 Å². The van der Waals surface area contributed by atoms with Crippen LogP contribution in [0, 0.1) is 17.0 Å².